The van der Waals surface area contributed by atoms with E-state index in [1.54, 1.807) is 0 Å². The van der Waals surface area contributed by atoms with E-state index in [2.05, 4.69) is 41.2 Å². The maximum absolute atomic E-state index is 12.2. The number of nitrogens with zero attached hydrogens (tertiary/aromatic N) is 2. The molecule has 0 radical (unpaired) electrons. The highest BCUT2D eigenvalue weighted by Crippen LogP contribution is 2.10. The molecule has 0 saturated heterocycles. The molecular formula is C25H32N8O2. The summed E-state index contributed by atoms with van der Waals surface area (Å²) >= 11 is 0. The Morgan fingerprint density at radius 1 is 0.600 bits per heavy atom. The number of para-hydroxylation sites is 4. The van der Waals surface area contributed by atoms with Crippen molar-refractivity contribution in [3.05, 3.63) is 60.2 Å². The molecule has 4 rings (SSSR count). The molecule has 0 atom stereocenters. The molecule has 0 saturated carbocycles. The topological polar surface area (TPSA) is 140 Å². The molecule has 2 aromatic heterocycles. The Morgan fingerprint density at radius 2 is 1.00 bits per heavy atom. The molecule has 0 fully saturated rings. The lowest BCUT2D eigenvalue weighted by atomic mass is 10.3. The molecule has 4 aromatic rings. The zero-order chi connectivity index (χ0) is 24.3. The third-order valence-corrected chi connectivity index (χ3v) is 5.55. The van der Waals surface area contributed by atoms with E-state index in [0.717, 1.165) is 67.5 Å². The summed E-state index contributed by atoms with van der Waals surface area (Å²) in [5, 5.41) is 12.6. The number of hydrogen-bond acceptors (Lipinski definition) is 6. The number of H-pyrrole nitrogens is 2. The van der Waals surface area contributed by atoms with Crippen molar-refractivity contribution >= 4 is 33.9 Å². The van der Waals surface area contributed by atoms with Gasteiger partial charge < -0.3 is 31.2 Å². The SMILES string of the molecule is O=C(NCCCNCCCNCCCNC(=O)c1nc2ccccc2[nH]1)c1nc2ccccc2[nH]1. The summed E-state index contributed by atoms with van der Waals surface area (Å²) < 4.78 is 0. The van der Waals surface area contributed by atoms with Crippen molar-refractivity contribution in [2.75, 3.05) is 39.3 Å². The Bertz CT molecular complexity index is 1090. The molecule has 0 unspecified atom stereocenters. The van der Waals surface area contributed by atoms with Crippen LogP contribution < -0.4 is 21.3 Å². The number of benzene rings is 2. The molecule has 0 aliphatic carbocycles. The van der Waals surface area contributed by atoms with E-state index in [0.29, 0.717) is 24.7 Å². The number of carbonyl (C=O) groups is 2. The van der Waals surface area contributed by atoms with Crippen LogP contribution in [0.3, 0.4) is 0 Å². The maximum atomic E-state index is 12.2. The largest absolute Gasteiger partial charge is 0.349 e. The highest BCUT2D eigenvalue weighted by atomic mass is 16.2. The summed E-state index contributed by atoms with van der Waals surface area (Å²) in [5.74, 6) is 0.331. The molecule has 0 spiro atoms. The summed E-state index contributed by atoms with van der Waals surface area (Å²) in [6, 6.07) is 15.2. The van der Waals surface area contributed by atoms with E-state index in [1.165, 1.54) is 0 Å². The molecular weight excluding hydrogens is 444 g/mol. The van der Waals surface area contributed by atoms with Crippen LogP contribution in [0.5, 0.6) is 0 Å². The molecule has 10 heteroatoms. The van der Waals surface area contributed by atoms with Crippen molar-refractivity contribution in [3.63, 3.8) is 0 Å². The van der Waals surface area contributed by atoms with Crippen LogP contribution in [0.25, 0.3) is 22.1 Å². The zero-order valence-corrected chi connectivity index (χ0v) is 19.7. The van der Waals surface area contributed by atoms with Gasteiger partial charge in [0.15, 0.2) is 11.6 Å². The number of aromatic amines is 2. The standard InChI is InChI=1S/C25H32N8O2/c34-24(22-30-18-8-1-2-9-19(18)31-22)28-16-6-14-26-12-5-13-27-15-7-17-29-25(35)23-32-20-10-3-4-11-21(20)33-23/h1-4,8-11,26-27H,5-7,12-17H2,(H,28,34)(H,29,35)(H,30,31)(H,32,33). The smallest absolute Gasteiger partial charge is 0.287 e. The first-order chi connectivity index (χ1) is 17.2. The lowest BCUT2D eigenvalue weighted by Gasteiger charge is -2.07. The van der Waals surface area contributed by atoms with E-state index < -0.39 is 0 Å². The fourth-order valence-corrected chi connectivity index (χ4v) is 3.71. The first-order valence-electron chi connectivity index (χ1n) is 12.1. The van der Waals surface area contributed by atoms with Crippen LogP contribution in [0.4, 0.5) is 0 Å². The van der Waals surface area contributed by atoms with Crippen LogP contribution in [0, 0.1) is 0 Å². The zero-order valence-electron chi connectivity index (χ0n) is 19.7. The minimum atomic E-state index is -0.181. The molecule has 6 N–H and O–H groups in total. The molecule has 10 nitrogen and oxygen atoms in total. The van der Waals surface area contributed by atoms with Crippen LogP contribution in [0.15, 0.2) is 48.5 Å². The van der Waals surface area contributed by atoms with E-state index in [4.69, 9.17) is 0 Å². The molecule has 2 amide bonds. The monoisotopic (exact) mass is 476 g/mol. The van der Waals surface area contributed by atoms with Crippen LogP contribution >= 0.6 is 0 Å². The van der Waals surface area contributed by atoms with E-state index in [-0.39, 0.29) is 11.8 Å². The average molecular weight is 477 g/mol. The van der Waals surface area contributed by atoms with Crippen molar-refractivity contribution < 1.29 is 9.59 Å². The molecule has 184 valence electrons. The molecule has 0 bridgehead atoms. The van der Waals surface area contributed by atoms with E-state index in [9.17, 15) is 9.59 Å². The normalized spacial score (nSPS) is 11.2. The minimum Gasteiger partial charge on any atom is -0.349 e. The van der Waals surface area contributed by atoms with Crippen molar-refractivity contribution in [2.24, 2.45) is 0 Å². The predicted octanol–water partition coefficient (Wildman–Crippen LogP) is 1.95. The van der Waals surface area contributed by atoms with Gasteiger partial charge in [-0.1, -0.05) is 24.3 Å². The Morgan fingerprint density at radius 3 is 1.43 bits per heavy atom. The van der Waals surface area contributed by atoms with Gasteiger partial charge in [0.25, 0.3) is 11.8 Å². The van der Waals surface area contributed by atoms with Crippen LogP contribution in [-0.2, 0) is 0 Å². The van der Waals surface area contributed by atoms with Gasteiger partial charge in [-0.15, -0.1) is 0 Å². The summed E-state index contributed by atoms with van der Waals surface area (Å²) in [6.45, 7) is 4.70. The fourth-order valence-electron chi connectivity index (χ4n) is 3.71. The van der Waals surface area contributed by atoms with Gasteiger partial charge >= 0.3 is 0 Å². The Hall–Kier alpha value is -3.76. The number of carbonyl (C=O) groups excluding carboxylic acids is 2. The Kier molecular flexibility index (Phi) is 8.79. The number of imidazole rings is 2. The van der Waals surface area contributed by atoms with Gasteiger partial charge in [0, 0.05) is 13.1 Å². The number of fused-ring (bicyclic) bond motifs is 2. The van der Waals surface area contributed by atoms with Crippen molar-refractivity contribution in [3.8, 4) is 0 Å². The summed E-state index contributed by atoms with van der Waals surface area (Å²) in [6.07, 6.45) is 2.71. The number of hydrogen-bond donors (Lipinski definition) is 6. The predicted molar refractivity (Wildman–Crippen MR) is 136 cm³/mol. The van der Waals surface area contributed by atoms with Gasteiger partial charge in [-0.3, -0.25) is 9.59 Å². The van der Waals surface area contributed by atoms with Gasteiger partial charge in [0.2, 0.25) is 0 Å². The molecule has 2 aromatic carbocycles. The van der Waals surface area contributed by atoms with E-state index in [1.807, 2.05) is 48.5 Å². The maximum Gasteiger partial charge on any atom is 0.287 e. The Balaban J connectivity index is 0.959. The second kappa shape index (κ2) is 12.6. The summed E-state index contributed by atoms with van der Waals surface area (Å²) in [4.78, 5) is 39.0. The Labute approximate surface area is 203 Å². The second-order valence-electron chi connectivity index (χ2n) is 8.28. The van der Waals surface area contributed by atoms with Crippen LogP contribution in [-0.4, -0.2) is 71.0 Å². The highest BCUT2D eigenvalue weighted by Gasteiger charge is 2.11. The highest BCUT2D eigenvalue weighted by molar-refractivity contribution is 5.94. The lowest BCUT2D eigenvalue weighted by molar-refractivity contribution is 0.0936. The second-order valence-corrected chi connectivity index (χ2v) is 8.28. The lowest BCUT2D eigenvalue weighted by Crippen LogP contribution is -2.30. The van der Waals surface area contributed by atoms with Crippen molar-refractivity contribution in [1.82, 2.24) is 41.2 Å². The van der Waals surface area contributed by atoms with Gasteiger partial charge in [-0.25, -0.2) is 9.97 Å². The van der Waals surface area contributed by atoms with Gasteiger partial charge in [0.05, 0.1) is 22.1 Å². The van der Waals surface area contributed by atoms with Crippen molar-refractivity contribution in [1.29, 1.82) is 0 Å². The van der Waals surface area contributed by atoms with Crippen LogP contribution in [0.2, 0.25) is 0 Å². The minimum absolute atomic E-state index is 0.181. The van der Waals surface area contributed by atoms with Crippen molar-refractivity contribution in [2.45, 2.75) is 19.3 Å². The molecule has 0 aliphatic rings. The summed E-state index contributed by atoms with van der Waals surface area (Å²) in [5.41, 5.74) is 3.31. The van der Waals surface area contributed by atoms with Gasteiger partial charge in [-0.2, -0.15) is 0 Å². The number of amides is 2. The number of rotatable bonds is 14. The molecule has 35 heavy (non-hydrogen) atoms. The average Bonchev–Trinajstić information content (AvgIpc) is 3.51. The summed E-state index contributed by atoms with van der Waals surface area (Å²) in [7, 11) is 0. The molecule has 0 aliphatic heterocycles. The quantitative estimate of drug-likeness (QED) is 0.154. The van der Waals surface area contributed by atoms with Crippen LogP contribution in [0.1, 0.15) is 40.5 Å². The molecule has 2 heterocycles. The third-order valence-electron chi connectivity index (χ3n) is 5.55. The number of nitrogens with one attached hydrogen (secondary N) is 6. The number of aromatic nitrogens is 4. The fraction of sp³-hybridized carbons (Fsp3) is 0.360. The van der Waals surface area contributed by atoms with E-state index >= 15 is 0 Å². The first-order valence-corrected chi connectivity index (χ1v) is 12.1. The third kappa shape index (κ3) is 7.11. The first kappa shape index (κ1) is 24.4. The van der Waals surface area contributed by atoms with Gasteiger partial charge in [0.1, 0.15) is 0 Å². The van der Waals surface area contributed by atoms with Gasteiger partial charge in [-0.05, 0) is 69.7 Å².